The van der Waals surface area contributed by atoms with Crippen LogP contribution in [0.25, 0.3) is 0 Å². The first kappa shape index (κ1) is 12.6. The van der Waals surface area contributed by atoms with Gasteiger partial charge in [-0.1, -0.05) is 0 Å². The molecule has 0 aromatic heterocycles. The second-order valence-corrected chi connectivity index (χ2v) is 9.17. The molecule has 0 aliphatic carbocycles. The predicted octanol–water partition coefficient (Wildman–Crippen LogP) is 2.33. The van der Waals surface area contributed by atoms with Crippen molar-refractivity contribution in [2.45, 2.75) is 12.8 Å². The number of hydrogen-bond acceptors (Lipinski definition) is 7. The van der Waals surface area contributed by atoms with E-state index in [1.54, 1.807) is 0 Å². The fraction of sp³-hybridized carbons (Fsp3) is 1.00. The minimum atomic E-state index is -2.72. The van der Waals surface area contributed by atoms with Gasteiger partial charge in [-0.25, -0.2) is 4.31 Å². The van der Waals surface area contributed by atoms with E-state index in [-0.39, 0.29) is 0 Å². The van der Waals surface area contributed by atoms with Crippen LogP contribution in [0.2, 0.25) is 0 Å². The van der Waals surface area contributed by atoms with Gasteiger partial charge in [-0.05, 0) is 36.5 Å². The van der Waals surface area contributed by atoms with Crippen molar-refractivity contribution in [2.24, 2.45) is 0 Å². The van der Waals surface area contributed by atoms with E-state index in [1.165, 1.54) is 0 Å². The topological polar surface area (TPSA) is 46.2 Å². The summed E-state index contributed by atoms with van der Waals surface area (Å²) in [5.41, 5.74) is 0. The van der Waals surface area contributed by atoms with Crippen molar-refractivity contribution < 1.29 is 22.4 Å². The molecule has 0 bridgehead atoms. The summed E-state index contributed by atoms with van der Waals surface area (Å²) in [6.07, 6.45) is 1.65. The summed E-state index contributed by atoms with van der Waals surface area (Å²) in [7, 11) is 0. The minimum Gasteiger partial charge on any atom is -0.308 e. The summed E-state index contributed by atoms with van der Waals surface area (Å²) in [6, 6.07) is 0. The first-order valence-corrected chi connectivity index (χ1v) is 9.73. The summed E-state index contributed by atoms with van der Waals surface area (Å²) < 4.78 is 26.7. The van der Waals surface area contributed by atoms with E-state index in [4.69, 9.17) is 46.0 Å². The Labute approximate surface area is 98.9 Å². The molecule has 15 heavy (non-hydrogen) atoms. The quantitative estimate of drug-likeness (QED) is 0.723. The van der Waals surface area contributed by atoms with Crippen molar-refractivity contribution in [3.63, 3.8) is 0 Å². The molecule has 5 nitrogen and oxygen atoms in total. The molecule has 9 heteroatoms. The number of rotatable bonds is 2. The maximum absolute atomic E-state index is 5.47. The standard InChI is InChI=1S/C6H12O5P2S2/c14-12(7-3-1-4-8-12)11-13(15)9-5-2-6-10-13/h1-6H2. The Morgan fingerprint density at radius 1 is 0.733 bits per heavy atom. The van der Waals surface area contributed by atoms with Crippen LogP contribution in [0.15, 0.2) is 0 Å². The van der Waals surface area contributed by atoms with Gasteiger partial charge in [0, 0.05) is 0 Å². The smallest absolute Gasteiger partial charge is 0.308 e. The minimum absolute atomic E-state index is 0.548. The van der Waals surface area contributed by atoms with Gasteiger partial charge in [-0.2, -0.15) is 0 Å². The maximum Gasteiger partial charge on any atom is 0.334 e. The summed E-state index contributed by atoms with van der Waals surface area (Å²) in [5.74, 6) is 0. The molecule has 0 atom stereocenters. The third kappa shape index (κ3) is 3.53. The summed E-state index contributed by atoms with van der Waals surface area (Å²) in [6.45, 7) is -3.24. The molecule has 2 aliphatic heterocycles. The molecule has 0 N–H and O–H groups in total. The molecule has 0 radical (unpaired) electrons. The third-order valence-corrected chi connectivity index (χ3v) is 7.84. The van der Waals surface area contributed by atoms with Crippen LogP contribution < -0.4 is 0 Å². The SMILES string of the molecule is S=P1(OP2(=S)OCCCO2)OCCCO1. The normalized spacial score (nSPS) is 29.9. The van der Waals surface area contributed by atoms with Gasteiger partial charge < -0.3 is 18.1 Å². The zero-order valence-electron chi connectivity index (χ0n) is 7.99. The van der Waals surface area contributed by atoms with Crippen molar-refractivity contribution in [3.05, 3.63) is 0 Å². The van der Waals surface area contributed by atoms with Gasteiger partial charge in [0.1, 0.15) is 0 Å². The molecule has 2 aliphatic rings. The maximum atomic E-state index is 5.47. The summed E-state index contributed by atoms with van der Waals surface area (Å²) in [5, 5.41) is 0. The van der Waals surface area contributed by atoms with Gasteiger partial charge in [0.15, 0.2) is 0 Å². The van der Waals surface area contributed by atoms with Gasteiger partial charge in [-0.15, -0.1) is 0 Å². The van der Waals surface area contributed by atoms with Crippen LogP contribution in [0.3, 0.4) is 0 Å². The Morgan fingerprint density at radius 2 is 1.07 bits per heavy atom. The monoisotopic (exact) mass is 290 g/mol. The van der Waals surface area contributed by atoms with E-state index in [2.05, 4.69) is 0 Å². The molecule has 2 saturated heterocycles. The second-order valence-electron chi connectivity index (χ2n) is 3.02. The molecule has 2 rings (SSSR count). The van der Waals surface area contributed by atoms with Crippen molar-refractivity contribution in [1.82, 2.24) is 0 Å². The first-order chi connectivity index (χ1) is 7.12. The highest BCUT2D eigenvalue weighted by Gasteiger charge is 2.35. The van der Waals surface area contributed by atoms with Gasteiger partial charge in [-0.3, -0.25) is 0 Å². The largest absolute Gasteiger partial charge is 0.334 e. The van der Waals surface area contributed by atoms with E-state index in [1.807, 2.05) is 0 Å². The van der Waals surface area contributed by atoms with Crippen LogP contribution in [0.5, 0.6) is 0 Å². The van der Waals surface area contributed by atoms with Crippen molar-refractivity contribution in [3.8, 4) is 0 Å². The van der Waals surface area contributed by atoms with Crippen LogP contribution in [0.1, 0.15) is 12.8 Å². The van der Waals surface area contributed by atoms with Crippen LogP contribution in [0, 0.1) is 0 Å². The van der Waals surface area contributed by atoms with Crippen molar-refractivity contribution >= 4 is 37.1 Å². The lowest BCUT2D eigenvalue weighted by Crippen LogP contribution is -2.13. The average molecular weight is 290 g/mol. The Hall–Kier alpha value is 1.10. The van der Waals surface area contributed by atoms with Gasteiger partial charge in [0.05, 0.1) is 26.4 Å². The van der Waals surface area contributed by atoms with Crippen LogP contribution >= 0.6 is 13.4 Å². The predicted molar refractivity (Wildman–Crippen MR) is 62.7 cm³/mol. The molecule has 0 saturated carbocycles. The molecule has 0 aromatic carbocycles. The Kier molecular flexibility index (Phi) is 4.33. The molecule has 2 fully saturated rings. The Bertz CT molecular complexity index is 273. The van der Waals surface area contributed by atoms with E-state index >= 15 is 0 Å². The second kappa shape index (κ2) is 5.17. The van der Waals surface area contributed by atoms with E-state index in [9.17, 15) is 0 Å². The van der Waals surface area contributed by atoms with Crippen LogP contribution in [0.4, 0.5) is 0 Å². The molecular weight excluding hydrogens is 278 g/mol. The fourth-order valence-corrected chi connectivity index (χ4v) is 7.26. The Balaban J connectivity index is 1.99. The van der Waals surface area contributed by atoms with Crippen LogP contribution in [-0.2, 0) is 46.0 Å². The van der Waals surface area contributed by atoms with Crippen LogP contribution in [-0.4, -0.2) is 26.4 Å². The highest BCUT2D eigenvalue weighted by molar-refractivity contribution is 8.14. The van der Waals surface area contributed by atoms with E-state index in [0.717, 1.165) is 12.8 Å². The lowest BCUT2D eigenvalue weighted by atomic mass is 10.5. The Morgan fingerprint density at radius 3 is 1.40 bits per heavy atom. The first-order valence-electron chi connectivity index (χ1n) is 4.62. The highest BCUT2D eigenvalue weighted by Crippen LogP contribution is 2.67. The molecule has 0 amide bonds. The fourth-order valence-electron chi connectivity index (χ4n) is 1.11. The average Bonchev–Trinajstić information content (AvgIpc) is 2.18. The van der Waals surface area contributed by atoms with Crippen molar-refractivity contribution in [1.29, 1.82) is 0 Å². The molecule has 0 unspecified atom stereocenters. The van der Waals surface area contributed by atoms with Crippen molar-refractivity contribution in [2.75, 3.05) is 26.4 Å². The molecule has 2 heterocycles. The van der Waals surface area contributed by atoms with E-state index in [0.29, 0.717) is 26.4 Å². The molecular formula is C6H12O5P2S2. The third-order valence-electron chi connectivity index (χ3n) is 1.77. The summed E-state index contributed by atoms with van der Waals surface area (Å²) in [4.78, 5) is 0. The molecule has 88 valence electrons. The van der Waals surface area contributed by atoms with Gasteiger partial charge in [0.2, 0.25) is 0 Å². The molecule has 0 aromatic rings. The van der Waals surface area contributed by atoms with Gasteiger partial charge in [0.25, 0.3) is 0 Å². The molecule has 0 spiro atoms. The zero-order chi connectivity index (χ0) is 10.8. The number of hydrogen-bond donors (Lipinski definition) is 0. The zero-order valence-corrected chi connectivity index (χ0v) is 11.4. The highest BCUT2D eigenvalue weighted by atomic mass is 32.5. The lowest BCUT2D eigenvalue weighted by molar-refractivity contribution is 0.109. The lowest BCUT2D eigenvalue weighted by Gasteiger charge is -2.32. The summed E-state index contributed by atoms with van der Waals surface area (Å²) >= 11 is 10.3. The van der Waals surface area contributed by atoms with Gasteiger partial charge >= 0.3 is 13.4 Å². The van der Waals surface area contributed by atoms with E-state index < -0.39 is 13.4 Å².